The predicted octanol–water partition coefficient (Wildman–Crippen LogP) is -0.0971. The highest BCUT2D eigenvalue weighted by molar-refractivity contribution is 5.85. The van der Waals surface area contributed by atoms with Crippen LogP contribution in [0.2, 0.25) is 0 Å². The average molecular weight is 332 g/mol. The van der Waals surface area contributed by atoms with Crippen molar-refractivity contribution in [2.75, 3.05) is 60.2 Å². The van der Waals surface area contributed by atoms with Gasteiger partial charge in [0, 0.05) is 45.8 Å². The number of morpholine rings is 1. The Bertz CT molecular complexity index is 242. The monoisotopic (exact) mass is 331 g/mol. The van der Waals surface area contributed by atoms with Crippen molar-refractivity contribution in [3.63, 3.8) is 0 Å². The summed E-state index contributed by atoms with van der Waals surface area (Å²) in [4.78, 5) is 13.8. The summed E-state index contributed by atoms with van der Waals surface area (Å²) in [6, 6.07) is 0.157. The Morgan fingerprint density at radius 3 is 2.80 bits per heavy atom. The predicted molar refractivity (Wildman–Crippen MR) is 84.1 cm³/mol. The Morgan fingerprint density at radius 2 is 2.20 bits per heavy atom. The molecule has 1 aliphatic rings. The zero-order valence-electron chi connectivity index (χ0n) is 12.2. The minimum Gasteiger partial charge on any atom is -0.383 e. The number of hydrogen-bond acceptors (Lipinski definition) is 5. The molecule has 0 saturated carbocycles. The van der Waals surface area contributed by atoms with E-state index in [4.69, 9.17) is 9.47 Å². The van der Waals surface area contributed by atoms with E-state index in [1.807, 2.05) is 7.05 Å². The van der Waals surface area contributed by atoms with Gasteiger partial charge in [-0.25, -0.2) is 0 Å². The maximum Gasteiger partial charge on any atom is 0.221 e. The van der Waals surface area contributed by atoms with E-state index in [2.05, 4.69) is 15.5 Å². The molecule has 0 aromatic carbocycles. The lowest BCUT2D eigenvalue weighted by atomic mass is 10.2. The third kappa shape index (κ3) is 10.7. The second-order valence-electron chi connectivity index (χ2n) is 4.58. The fourth-order valence-electron chi connectivity index (χ4n) is 1.79. The third-order valence-electron chi connectivity index (χ3n) is 2.92. The molecule has 0 radical (unpaired) electrons. The van der Waals surface area contributed by atoms with Crippen molar-refractivity contribution in [3.05, 3.63) is 0 Å². The normalized spacial score (nSPS) is 18.1. The van der Waals surface area contributed by atoms with Crippen LogP contribution in [0.3, 0.4) is 0 Å². The van der Waals surface area contributed by atoms with Crippen molar-refractivity contribution < 1.29 is 14.3 Å². The number of likely N-dealkylation sites (N-methyl/N-ethyl adjacent to an activating group) is 1. The molecule has 1 aliphatic heterocycles. The van der Waals surface area contributed by atoms with E-state index in [1.165, 1.54) is 0 Å². The lowest BCUT2D eigenvalue weighted by Crippen LogP contribution is -2.45. The minimum absolute atomic E-state index is 0. The fourth-order valence-corrected chi connectivity index (χ4v) is 1.79. The molecule has 0 aliphatic carbocycles. The van der Waals surface area contributed by atoms with Crippen molar-refractivity contribution >= 4 is 30.7 Å². The smallest absolute Gasteiger partial charge is 0.221 e. The highest BCUT2D eigenvalue weighted by Crippen LogP contribution is 1.97. The Hall–Kier alpha value is -0.110. The van der Waals surface area contributed by atoms with E-state index in [1.54, 1.807) is 7.11 Å². The molecule has 122 valence electrons. The number of rotatable bonds is 8. The largest absolute Gasteiger partial charge is 0.383 e. The SMILES string of the molecule is COCCN(C)CCNC(=O)CC1COCCN1.Cl.Cl. The van der Waals surface area contributed by atoms with Crippen LogP contribution in [0, 0.1) is 0 Å². The first-order valence-corrected chi connectivity index (χ1v) is 6.47. The van der Waals surface area contributed by atoms with Gasteiger partial charge in [-0.1, -0.05) is 0 Å². The summed E-state index contributed by atoms with van der Waals surface area (Å²) >= 11 is 0. The molecular formula is C12H27Cl2N3O3. The number of nitrogens with zero attached hydrogens (tertiary/aromatic N) is 1. The molecule has 20 heavy (non-hydrogen) atoms. The lowest BCUT2D eigenvalue weighted by molar-refractivity contribution is -0.122. The van der Waals surface area contributed by atoms with E-state index in [9.17, 15) is 4.79 Å². The summed E-state index contributed by atoms with van der Waals surface area (Å²) in [6.07, 6.45) is 0.488. The van der Waals surface area contributed by atoms with Crippen LogP contribution in [-0.2, 0) is 14.3 Å². The topological polar surface area (TPSA) is 62.8 Å². The molecule has 1 saturated heterocycles. The van der Waals surface area contributed by atoms with Crippen molar-refractivity contribution in [2.24, 2.45) is 0 Å². The van der Waals surface area contributed by atoms with Gasteiger partial charge in [-0.05, 0) is 7.05 Å². The Morgan fingerprint density at radius 1 is 1.45 bits per heavy atom. The molecular weight excluding hydrogens is 305 g/mol. The third-order valence-corrected chi connectivity index (χ3v) is 2.92. The van der Waals surface area contributed by atoms with Gasteiger partial charge in [0.25, 0.3) is 0 Å². The van der Waals surface area contributed by atoms with Gasteiger partial charge in [0.1, 0.15) is 0 Å². The highest BCUT2D eigenvalue weighted by Gasteiger charge is 2.16. The first-order valence-electron chi connectivity index (χ1n) is 6.47. The number of hydrogen-bond donors (Lipinski definition) is 2. The van der Waals surface area contributed by atoms with Gasteiger partial charge in [0.05, 0.1) is 19.8 Å². The molecule has 1 rings (SSSR count). The molecule has 1 heterocycles. The van der Waals surface area contributed by atoms with Crippen molar-refractivity contribution in [2.45, 2.75) is 12.5 Å². The number of carbonyl (C=O) groups is 1. The number of halogens is 2. The molecule has 8 heteroatoms. The number of ether oxygens (including phenoxy) is 2. The molecule has 0 bridgehead atoms. The molecule has 1 unspecified atom stereocenters. The van der Waals surface area contributed by atoms with Crippen molar-refractivity contribution in [1.82, 2.24) is 15.5 Å². The first-order chi connectivity index (χ1) is 8.72. The molecule has 0 aromatic heterocycles. The maximum absolute atomic E-state index is 11.7. The minimum atomic E-state index is 0. The van der Waals surface area contributed by atoms with E-state index in [0.717, 1.165) is 26.2 Å². The van der Waals surface area contributed by atoms with Crippen LogP contribution in [0.1, 0.15) is 6.42 Å². The highest BCUT2D eigenvalue weighted by atomic mass is 35.5. The second kappa shape index (κ2) is 13.9. The maximum atomic E-state index is 11.7. The summed E-state index contributed by atoms with van der Waals surface area (Å²) in [5.74, 6) is 0.0816. The molecule has 1 fully saturated rings. The van der Waals surface area contributed by atoms with Gasteiger partial charge in [0.2, 0.25) is 5.91 Å². The van der Waals surface area contributed by atoms with Crippen LogP contribution in [-0.4, -0.2) is 77.0 Å². The number of methoxy groups -OCH3 is 1. The lowest BCUT2D eigenvalue weighted by Gasteiger charge is -2.23. The van der Waals surface area contributed by atoms with Gasteiger partial charge in [-0.2, -0.15) is 0 Å². The Kier molecular flexibility index (Phi) is 15.4. The molecule has 0 spiro atoms. The van der Waals surface area contributed by atoms with Crippen LogP contribution in [0.5, 0.6) is 0 Å². The second-order valence-corrected chi connectivity index (χ2v) is 4.58. The Labute approximate surface area is 133 Å². The number of amides is 1. The van der Waals surface area contributed by atoms with Crippen molar-refractivity contribution in [3.8, 4) is 0 Å². The fraction of sp³-hybridized carbons (Fsp3) is 0.917. The molecule has 1 amide bonds. The van der Waals surface area contributed by atoms with E-state index < -0.39 is 0 Å². The van der Waals surface area contributed by atoms with E-state index in [-0.39, 0.29) is 36.8 Å². The van der Waals surface area contributed by atoms with Gasteiger partial charge in [0.15, 0.2) is 0 Å². The van der Waals surface area contributed by atoms with E-state index >= 15 is 0 Å². The first kappa shape index (κ1) is 22.2. The Balaban J connectivity index is 0. The summed E-state index contributed by atoms with van der Waals surface area (Å²) in [5.41, 5.74) is 0. The van der Waals surface area contributed by atoms with Crippen LogP contribution < -0.4 is 10.6 Å². The summed E-state index contributed by atoms with van der Waals surface area (Å²) in [7, 11) is 3.70. The van der Waals surface area contributed by atoms with Gasteiger partial charge in [-0.15, -0.1) is 24.8 Å². The zero-order chi connectivity index (χ0) is 13.2. The summed E-state index contributed by atoms with van der Waals surface area (Å²) in [5, 5.41) is 6.18. The van der Waals surface area contributed by atoms with Crippen LogP contribution >= 0.6 is 24.8 Å². The molecule has 6 nitrogen and oxygen atoms in total. The van der Waals surface area contributed by atoms with Crippen LogP contribution in [0.15, 0.2) is 0 Å². The molecule has 1 atom stereocenters. The summed E-state index contributed by atoms with van der Waals surface area (Å²) < 4.78 is 10.3. The van der Waals surface area contributed by atoms with Gasteiger partial charge >= 0.3 is 0 Å². The average Bonchev–Trinajstić information content (AvgIpc) is 2.37. The summed E-state index contributed by atoms with van der Waals surface area (Å²) in [6.45, 7) is 5.30. The standard InChI is InChI=1S/C12H25N3O3.2ClH/c1-15(6-8-17-2)5-3-14-12(16)9-11-10-18-7-4-13-11;;/h11,13H,3-10H2,1-2H3,(H,14,16);2*1H. The zero-order valence-corrected chi connectivity index (χ0v) is 13.9. The van der Waals surface area contributed by atoms with E-state index in [0.29, 0.717) is 26.2 Å². The number of nitrogens with one attached hydrogen (secondary N) is 2. The quantitative estimate of drug-likeness (QED) is 0.650. The van der Waals surface area contributed by atoms with Crippen LogP contribution in [0.4, 0.5) is 0 Å². The molecule has 0 aromatic rings. The van der Waals surface area contributed by atoms with Gasteiger partial charge < -0.3 is 25.0 Å². The molecule has 2 N–H and O–H groups in total. The van der Waals surface area contributed by atoms with Crippen molar-refractivity contribution in [1.29, 1.82) is 0 Å². The van der Waals surface area contributed by atoms with Crippen LogP contribution in [0.25, 0.3) is 0 Å². The van der Waals surface area contributed by atoms with Gasteiger partial charge in [-0.3, -0.25) is 4.79 Å². The number of carbonyl (C=O) groups excluding carboxylic acids is 1.